The van der Waals surface area contributed by atoms with Crippen LogP contribution in [-0.2, 0) is 5.75 Å². The molecule has 0 unspecified atom stereocenters. The summed E-state index contributed by atoms with van der Waals surface area (Å²) in [6.45, 7) is 0. The van der Waals surface area contributed by atoms with E-state index in [1.807, 2.05) is 12.1 Å². The van der Waals surface area contributed by atoms with Crippen molar-refractivity contribution in [2.24, 2.45) is 0 Å². The number of hydrogen-bond donors (Lipinski definition) is 1. The van der Waals surface area contributed by atoms with Gasteiger partial charge in [0.1, 0.15) is 0 Å². The van der Waals surface area contributed by atoms with E-state index in [0.29, 0.717) is 23.0 Å². The van der Waals surface area contributed by atoms with Crippen LogP contribution < -0.4 is 14.2 Å². The van der Waals surface area contributed by atoms with Crippen LogP contribution in [0.2, 0.25) is 0 Å². The third-order valence-corrected chi connectivity index (χ3v) is 2.30. The highest BCUT2D eigenvalue weighted by molar-refractivity contribution is 7.79. The lowest BCUT2D eigenvalue weighted by atomic mass is 10.2. The van der Waals surface area contributed by atoms with Gasteiger partial charge in [0.25, 0.3) is 0 Å². The molecule has 0 amide bonds. The van der Waals surface area contributed by atoms with Crippen LogP contribution in [0, 0.1) is 0 Å². The lowest BCUT2D eigenvalue weighted by Gasteiger charge is -2.14. The summed E-state index contributed by atoms with van der Waals surface area (Å²) in [6, 6.07) is 3.75. The molecular weight excluding hydrogens is 200 g/mol. The van der Waals surface area contributed by atoms with E-state index in [2.05, 4.69) is 12.6 Å². The van der Waals surface area contributed by atoms with Gasteiger partial charge in [-0.2, -0.15) is 12.6 Å². The molecule has 0 N–H and O–H groups in total. The molecule has 1 aromatic carbocycles. The fourth-order valence-electron chi connectivity index (χ4n) is 1.29. The number of ether oxygens (including phenoxy) is 3. The molecule has 0 saturated heterocycles. The van der Waals surface area contributed by atoms with Crippen molar-refractivity contribution in [1.82, 2.24) is 0 Å². The average molecular weight is 214 g/mol. The lowest BCUT2D eigenvalue weighted by Crippen LogP contribution is -1.97. The zero-order chi connectivity index (χ0) is 10.6. The Morgan fingerprint density at radius 2 is 1.64 bits per heavy atom. The molecule has 0 aliphatic rings. The van der Waals surface area contributed by atoms with Gasteiger partial charge in [-0.25, -0.2) is 0 Å². The van der Waals surface area contributed by atoms with Crippen LogP contribution in [-0.4, -0.2) is 21.3 Å². The Balaban J connectivity index is 3.28. The molecule has 0 atom stereocenters. The molecule has 0 aliphatic carbocycles. The van der Waals surface area contributed by atoms with Gasteiger partial charge in [0.15, 0.2) is 11.5 Å². The highest BCUT2D eigenvalue weighted by Crippen LogP contribution is 2.40. The van der Waals surface area contributed by atoms with Crippen LogP contribution in [0.1, 0.15) is 5.56 Å². The summed E-state index contributed by atoms with van der Waals surface area (Å²) in [5, 5.41) is 0. The van der Waals surface area contributed by atoms with Crippen LogP contribution in [0.15, 0.2) is 12.1 Å². The zero-order valence-corrected chi connectivity index (χ0v) is 9.43. The lowest BCUT2D eigenvalue weighted by molar-refractivity contribution is 0.323. The summed E-state index contributed by atoms with van der Waals surface area (Å²) >= 11 is 4.21. The molecule has 4 heteroatoms. The third-order valence-electron chi connectivity index (χ3n) is 1.96. The Bertz CT molecular complexity index is 281. The summed E-state index contributed by atoms with van der Waals surface area (Å²) in [6.07, 6.45) is 0. The summed E-state index contributed by atoms with van der Waals surface area (Å²) in [7, 11) is 4.78. The van der Waals surface area contributed by atoms with Gasteiger partial charge in [0.2, 0.25) is 5.75 Å². The molecule has 0 heterocycles. The molecule has 0 spiro atoms. The molecular formula is C10H14O3S. The molecule has 0 fully saturated rings. The van der Waals surface area contributed by atoms with E-state index in [1.165, 1.54) is 0 Å². The van der Waals surface area contributed by atoms with E-state index in [0.717, 1.165) is 5.56 Å². The highest BCUT2D eigenvalue weighted by atomic mass is 32.1. The molecule has 78 valence electrons. The number of methoxy groups -OCH3 is 3. The summed E-state index contributed by atoms with van der Waals surface area (Å²) < 4.78 is 15.6. The van der Waals surface area contributed by atoms with Gasteiger partial charge in [-0.1, -0.05) is 6.07 Å². The third kappa shape index (κ3) is 1.90. The largest absolute Gasteiger partial charge is 0.493 e. The minimum Gasteiger partial charge on any atom is -0.493 e. The fourth-order valence-corrected chi connectivity index (χ4v) is 1.54. The maximum atomic E-state index is 5.25. The van der Waals surface area contributed by atoms with E-state index < -0.39 is 0 Å². The van der Waals surface area contributed by atoms with E-state index in [-0.39, 0.29) is 0 Å². The first kappa shape index (κ1) is 11.0. The van der Waals surface area contributed by atoms with Crippen molar-refractivity contribution in [3.05, 3.63) is 17.7 Å². The second-order valence-corrected chi connectivity index (χ2v) is 2.97. The molecule has 0 bridgehead atoms. The van der Waals surface area contributed by atoms with Crippen LogP contribution in [0.3, 0.4) is 0 Å². The minimum atomic E-state index is 0.601. The van der Waals surface area contributed by atoms with Crippen molar-refractivity contribution in [1.29, 1.82) is 0 Å². The van der Waals surface area contributed by atoms with E-state index in [4.69, 9.17) is 14.2 Å². The number of thiol groups is 1. The predicted molar refractivity (Wildman–Crippen MR) is 58.8 cm³/mol. The first-order valence-corrected chi connectivity index (χ1v) is 4.80. The Hall–Kier alpha value is -1.03. The number of benzene rings is 1. The Labute approximate surface area is 89.4 Å². The van der Waals surface area contributed by atoms with Gasteiger partial charge in [-0.15, -0.1) is 0 Å². The van der Waals surface area contributed by atoms with Gasteiger partial charge in [0.05, 0.1) is 21.3 Å². The van der Waals surface area contributed by atoms with Gasteiger partial charge in [-0.3, -0.25) is 0 Å². The Morgan fingerprint density at radius 1 is 1.00 bits per heavy atom. The second-order valence-electron chi connectivity index (χ2n) is 2.65. The van der Waals surface area contributed by atoms with E-state index in [1.54, 1.807) is 21.3 Å². The number of hydrogen-bond acceptors (Lipinski definition) is 4. The van der Waals surface area contributed by atoms with Crippen molar-refractivity contribution in [3.63, 3.8) is 0 Å². The molecule has 0 saturated carbocycles. The maximum Gasteiger partial charge on any atom is 0.203 e. The summed E-state index contributed by atoms with van der Waals surface area (Å²) in [5.41, 5.74) is 0.980. The van der Waals surface area contributed by atoms with E-state index in [9.17, 15) is 0 Å². The SMILES string of the molecule is COc1ccc(CS)c(OC)c1OC. The monoisotopic (exact) mass is 214 g/mol. The molecule has 1 rings (SSSR count). The molecule has 1 aromatic rings. The summed E-state index contributed by atoms with van der Waals surface area (Å²) in [4.78, 5) is 0. The van der Waals surface area contributed by atoms with Crippen molar-refractivity contribution in [3.8, 4) is 17.2 Å². The quantitative estimate of drug-likeness (QED) is 0.778. The topological polar surface area (TPSA) is 27.7 Å². The van der Waals surface area contributed by atoms with Crippen LogP contribution in [0.5, 0.6) is 17.2 Å². The van der Waals surface area contributed by atoms with Crippen molar-refractivity contribution in [2.75, 3.05) is 21.3 Å². The van der Waals surface area contributed by atoms with Crippen molar-refractivity contribution < 1.29 is 14.2 Å². The van der Waals surface area contributed by atoms with Crippen LogP contribution in [0.4, 0.5) is 0 Å². The van der Waals surface area contributed by atoms with Gasteiger partial charge in [0, 0.05) is 11.3 Å². The highest BCUT2D eigenvalue weighted by Gasteiger charge is 2.14. The Kier molecular flexibility index (Phi) is 3.95. The van der Waals surface area contributed by atoms with Crippen LogP contribution in [0.25, 0.3) is 0 Å². The molecule has 14 heavy (non-hydrogen) atoms. The van der Waals surface area contributed by atoms with Gasteiger partial charge in [-0.05, 0) is 6.07 Å². The summed E-state index contributed by atoms with van der Waals surface area (Å²) in [5.74, 6) is 2.56. The molecule has 0 aliphatic heterocycles. The number of rotatable bonds is 4. The van der Waals surface area contributed by atoms with E-state index >= 15 is 0 Å². The zero-order valence-electron chi connectivity index (χ0n) is 8.53. The van der Waals surface area contributed by atoms with Crippen LogP contribution >= 0.6 is 12.6 Å². The molecule has 3 nitrogen and oxygen atoms in total. The van der Waals surface area contributed by atoms with Gasteiger partial charge >= 0.3 is 0 Å². The van der Waals surface area contributed by atoms with Crippen molar-refractivity contribution in [2.45, 2.75) is 5.75 Å². The molecule has 0 aromatic heterocycles. The standard InChI is InChI=1S/C10H14O3S/c1-11-8-5-4-7(6-14)9(12-2)10(8)13-3/h4-5,14H,6H2,1-3H3. The first-order chi connectivity index (χ1) is 6.78. The maximum absolute atomic E-state index is 5.25. The fraction of sp³-hybridized carbons (Fsp3) is 0.400. The van der Waals surface area contributed by atoms with Gasteiger partial charge < -0.3 is 14.2 Å². The normalized spacial score (nSPS) is 9.71. The predicted octanol–water partition coefficient (Wildman–Crippen LogP) is 2.14. The smallest absolute Gasteiger partial charge is 0.203 e. The Morgan fingerprint density at radius 3 is 2.07 bits per heavy atom. The first-order valence-electron chi connectivity index (χ1n) is 4.17. The average Bonchev–Trinajstić information content (AvgIpc) is 2.26. The second kappa shape index (κ2) is 5.00. The minimum absolute atomic E-state index is 0.601. The molecule has 0 radical (unpaired) electrons. The van der Waals surface area contributed by atoms with Crippen molar-refractivity contribution >= 4 is 12.6 Å².